The molecular formula is C27H28N6O4S. The van der Waals surface area contributed by atoms with E-state index in [-0.39, 0.29) is 19.0 Å². The second kappa shape index (κ2) is 12.2. The normalized spacial score (nSPS) is 11.5. The highest BCUT2D eigenvalue weighted by Crippen LogP contribution is 2.23. The Kier molecular flexibility index (Phi) is 8.49. The summed E-state index contributed by atoms with van der Waals surface area (Å²) in [4.78, 5) is 45.2. The highest BCUT2D eigenvalue weighted by Gasteiger charge is 2.20. The number of nitrogens with one attached hydrogen (secondary N) is 3. The summed E-state index contributed by atoms with van der Waals surface area (Å²) in [5.41, 5.74) is 3.54. The highest BCUT2D eigenvalue weighted by atomic mass is 32.1. The van der Waals surface area contributed by atoms with E-state index >= 15 is 0 Å². The lowest BCUT2D eigenvalue weighted by Crippen LogP contribution is -2.30. The van der Waals surface area contributed by atoms with Gasteiger partial charge in [0, 0.05) is 23.7 Å². The van der Waals surface area contributed by atoms with Crippen molar-refractivity contribution in [2.45, 2.75) is 39.4 Å². The molecule has 0 saturated carbocycles. The van der Waals surface area contributed by atoms with E-state index in [0.717, 1.165) is 16.7 Å². The Morgan fingerprint density at radius 3 is 2.47 bits per heavy atom. The molecule has 38 heavy (non-hydrogen) atoms. The Labute approximate surface area is 223 Å². The second-order valence-electron chi connectivity index (χ2n) is 8.78. The molecule has 0 spiro atoms. The van der Waals surface area contributed by atoms with Gasteiger partial charge in [-0.1, -0.05) is 60.2 Å². The number of aliphatic carboxylic acids is 1. The number of hydrogen-bond donors (Lipinski definition) is 4. The van der Waals surface area contributed by atoms with E-state index < -0.39 is 17.7 Å². The molecule has 0 aliphatic rings. The van der Waals surface area contributed by atoms with Crippen LogP contribution >= 0.6 is 11.3 Å². The van der Waals surface area contributed by atoms with Gasteiger partial charge in [-0.15, -0.1) is 11.3 Å². The van der Waals surface area contributed by atoms with Crippen molar-refractivity contribution in [1.29, 1.82) is 0 Å². The number of thiazole rings is 1. The van der Waals surface area contributed by atoms with Crippen LogP contribution in [0.1, 0.15) is 40.4 Å². The summed E-state index contributed by atoms with van der Waals surface area (Å²) in [6, 6.07) is 16.0. The molecule has 0 fully saturated rings. The first kappa shape index (κ1) is 26.6. The molecule has 10 nitrogen and oxygen atoms in total. The van der Waals surface area contributed by atoms with Gasteiger partial charge in [-0.05, 0) is 25.0 Å². The number of aromatic nitrogens is 3. The first-order chi connectivity index (χ1) is 18.3. The van der Waals surface area contributed by atoms with Crippen LogP contribution in [0, 0.1) is 13.8 Å². The number of benzene rings is 2. The van der Waals surface area contributed by atoms with E-state index in [1.54, 1.807) is 18.5 Å². The molecule has 0 radical (unpaired) electrons. The van der Waals surface area contributed by atoms with Crippen molar-refractivity contribution in [3.63, 3.8) is 0 Å². The van der Waals surface area contributed by atoms with Crippen LogP contribution < -0.4 is 21.6 Å². The largest absolute Gasteiger partial charge is 0.481 e. The van der Waals surface area contributed by atoms with E-state index in [1.807, 2.05) is 61.5 Å². The van der Waals surface area contributed by atoms with Crippen LogP contribution in [0.5, 0.6) is 0 Å². The molecule has 0 bridgehead atoms. The van der Waals surface area contributed by atoms with Crippen LogP contribution in [0.25, 0.3) is 0 Å². The Morgan fingerprint density at radius 1 is 1.03 bits per heavy atom. The molecule has 2 aromatic carbocycles. The van der Waals surface area contributed by atoms with E-state index in [1.165, 1.54) is 15.9 Å². The van der Waals surface area contributed by atoms with Gasteiger partial charge >= 0.3 is 17.7 Å². The quantitative estimate of drug-likeness (QED) is 0.239. The average molecular weight is 533 g/mol. The fourth-order valence-electron chi connectivity index (χ4n) is 3.84. The number of amides is 2. The van der Waals surface area contributed by atoms with Crippen molar-refractivity contribution in [2.24, 2.45) is 0 Å². The zero-order chi connectivity index (χ0) is 27.1. The zero-order valence-corrected chi connectivity index (χ0v) is 21.8. The number of hydrogen-bond acceptors (Lipinski definition) is 7. The molecule has 2 aromatic heterocycles. The third kappa shape index (κ3) is 7.04. The van der Waals surface area contributed by atoms with Crippen LogP contribution in [0.3, 0.4) is 0 Å². The number of anilines is 2. The number of urea groups is 1. The van der Waals surface area contributed by atoms with Crippen LogP contribution in [-0.4, -0.2) is 31.6 Å². The monoisotopic (exact) mass is 532 g/mol. The van der Waals surface area contributed by atoms with Gasteiger partial charge in [-0.2, -0.15) is 4.98 Å². The summed E-state index contributed by atoms with van der Waals surface area (Å²) in [5.74, 6) is -0.628. The first-order valence-electron chi connectivity index (χ1n) is 11.9. The van der Waals surface area contributed by atoms with Gasteiger partial charge in [-0.3, -0.25) is 14.7 Å². The molecule has 4 rings (SSSR count). The van der Waals surface area contributed by atoms with Crippen LogP contribution in [0.2, 0.25) is 0 Å². The second-order valence-corrected chi connectivity index (χ2v) is 9.64. The van der Waals surface area contributed by atoms with Crippen molar-refractivity contribution < 1.29 is 14.7 Å². The van der Waals surface area contributed by atoms with E-state index in [9.17, 15) is 19.5 Å². The Balaban J connectivity index is 1.39. The third-order valence-corrected chi connectivity index (χ3v) is 6.61. The number of rotatable bonds is 10. The molecular weight excluding hydrogens is 504 g/mol. The minimum Gasteiger partial charge on any atom is -0.481 e. The van der Waals surface area contributed by atoms with E-state index in [4.69, 9.17) is 0 Å². The molecule has 11 heteroatoms. The predicted octanol–water partition coefficient (Wildman–Crippen LogP) is 4.31. The Hall–Kier alpha value is -4.51. The minimum atomic E-state index is -1.01. The van der Waals surface area contributed by atoms with Crippen molar-refractivity contribution in [3.8, 4) is 0 Å². The standard InChI is InChI=1S/C27H28N6O4S/c1-17-8-10-20(11-9-17)22(12-23(34)35)33-15-18(2)24(31-27(33)37)28-14-21-16-38-26(30-21)32-25(36)29-13-19-6-4-3-5-7-19/h3-11,15-16,22H,12-14H2,1-2H3,(H,34,35)(H,28,31,37)(H2,29,30,32,36). The van der Waals surface area contributed by atoms with Crippen LogP contribution in [0.15, 0.2) is 71.0 Å². The van der Waals surface area contributed by atoms with Gasteiger partial charge in [-0.25, -0.2) is 14.6 Å². The Bertz CT molecular complexity index is 1470. The number of carbonyl (C=O) groups is 2. The smallest absolute Gasteiger partial charge is 0.350 e. The molecule has 0 aliphatic carbocycles. The third-order valence-electron chi connectivity index (χ3n) is 5.81. The SMILES string of the molecule is Cc1ccc(C(CC(=O)O)n2cc(C)c(NCc3csc(NC(=O)NCc4ccccc4)n3)nc2=O)cc1. The molecule has 4 N–H and O–H groups in total. The Morgan fingerprint density at radius 2 is 1.76 bits per heavy atom. The van der Waals surface area contributed by atoms with Gasteiger partial charge in [0.15, 0.2) is 5.13 Å². The lowest BCUT2D eigenvalue weighted by Gasteiger charge is -2.20. The van der Waals surface area contributed by atoms with E-state index in [2.05, 4.69) is 25.9 Å². The number of carboxylic acid groups (broad SMARTS) is 1. The maximum atomic E-state index is 12.9. The molecule has 1 atom stereocenters. The number of aryl methyl sites for hydroxylation is 2. The van der Waals surface area contributed by atoms with Crippen molar-refractivity contribution in [2.75, 3.05) is 10.6 Å². The summed E-state index contributed by atoms with van der Waals surface area (Å²) in [5, 5.41) is 20.3. The minimum absolute atomic E-state index is 0.246. The number of nitrogens with zero attached hydrogens (tertiary/aromatic N) is 3. The summed E-state index contributed by atoms with van der Waals surface area (Å²) < 4.78 is 1.36. The van der Waals surface area contributed by atoms with Gasteiger partial charge in [0.05, 0.1) is 24.7 Å². The van der Waals surface area contributed by atoms with Gasteiger partial charge < -0.3 is 15.7 Å². The maximum absolute atomic E-state index is 12.9. The summed E-state index contributed by atoms with van der Waals surface area (Å²) in [6.07, 6.45) is 1.38. The van der Waals surface area contributed by atoms with Crippen molar-refractivity contribution in [3.05, 3.63) is 105 Å². The van der Waals surface area contributed by atoms with E-state index in [0.29, 0.717) is 28.8 Å². The summed E-state index contributed by atoms with van der Waals surface area (Å²) >= 11 is 1.29. The number of carbonyl (C=O) groups excluding carboxylic acids is 1. The first-order valence-corrected chi connectivity index (χ1v) is 12.8. The highest BCUT2D eigenvalue weighted by molar-refractivity contribution is 7.13. The average Bonchev–Trinajstić information content (AvgIpc) is 3.34. The van der Waals surface area contributed by atoms with Gasteiger partial charge in [0.2, 0.25) is 0 Å². The lowest BCUT2D eigenvalue weighted by molar-refractivity contribution is -0.137. The molecule has 1 unspecified atom stereocenters. The maximum Gasteiger partial charge on any atom is 0.350 e. The van der Waals surface area contributed by atoms with Gasteiger partial charge in [0.25, 0.3) is 0 Å². The predicted molar refractivity (Wildman–Crippen MR) is 147 cm³/mol. The van der Waals surface area contributed by atoms with Crippen molar-refractivity contribution in [1.82, 2.24) is 19.9 Å². The zero-order valence-electron chi connectivity index (χ0n) is 21.0. The summed E-state index contributed by atoms with van der Waals surface area (Å²) in [6.45, 7) is 4.43. The lowest BCUT2D eigenvalue weighted by atomic mass is 10.0. The number of carboxylic acids is 1. The molecule has 2 heterocycles. The fraction of sp³-hybridized carbons (Fsp3) is 0.222. The van der Waals surface area contributed by atoms with Crippen molar-refractivity contribution >= 4 is 34.3 Å². The summed E-state index contributed by atoms with van der Waals surface area (Å²) in [7, 11) is 0. The van der Waals surface area contributed by atoms with Crippen LogP contribution in [-0.2, 0) is 17.9 Å². The molecule has 4 aromatic rings. The molecule has 0 aliphatic heterocycles. The van der Waals surface area contributed by atoms with Gasteiger partial charge in [0.1, 0.15) is 5.82 Å². The fourth-order valence-corrected chi connectivity index (χ4v) is 4.54. The topological polar surface area (TPSA) is 138 Å². The molecule has 0 saturated heterocycles. The molecule has 2 amide bonds. The molecule has 196 valence electrons. The van der Waals surface area contributed by atoms with Crippen LogP contribution in [0.4, 0.5) is 15.7 Å².